The zero-order chi connectivity index (χ0) is 21.3. The summed E-state index contributed by atoms with van der Waals surface area (Å²) in [6.07, 6.45) is -0.232. The number of hydrogen-bond donors (Lipinski definition) is 1. The lowest BCUT2D eigenvalue weighted by Crippen LogP contribution is -2.31. The number of carbonyl (C=O) groups excluding carboxylic acids is 2. The van der Waals surface area contributed by atoms with Gasteiger partial charge in [0.15, 0.2) is 35.7 Å². The number of esters is 1. The van der Waals surface area contributed by atoms with Crippen LogP contribution in [-0.2, 0) is 20.7 Å². The van der Waals surface area contributed by atoms with E-state index in [1.807, 2.05) is 26.0 Å². The Bertz CT molecular complexity index is 985. The number of benzene rings is 2. The maximum Gasteiger partial charge on any atom is 0.344 e. The van der Waals surface area contributed by atoms with Gasteiger partial charge in [0.05, 0.1) is 0 Å². The Morgan fingerprint density at radius 3 is 2.80 bits per heavy atom. The lowest BCUT2D eigenvalue weighted by Gasteiger charge is -2.18. The van der Waals surface area contributed by atoms with Gasteiger partial charge >= 0.3 is 5.97 Å². The van der Waals surface area contributed by atoms with Crippen LogP contribution in [0.25, 0.3) is 0 Å². The first-order valence-corrected chi connectivity index (χ1v) is 9.64. The summed E-state index contributed by atoms with van der Waals surface area (Å²) < 4.78 is 27.2. The zero-order valence-electron chi connectivity index (χ0n) is 17.0. The molecule has 2 aromatic carbocycles. The fourth-order valence-electron chi connectivity index (χ4n) is 3.34. The van der Waals surface area contributed by atoms with Crippen molar-refractivity contribution < 1.29 is 33.3 Å². The SMILES string of the molecule is C[C@@H](OC(=O)COc1cccc2c1OC(C)(C)C2)C(=O)Nc1ccc2c(c1)OCO2. The van der Waals surface area contributed by atoms with E-state index in [0.717, 1.165) is 12.0 Å². The number of fused-ring (bicyclic) bond motifs is 2. The van der Waals surface area contributed by atoms with Gasteiger partial charge in [0, 0.05) is 23.7 Å². The molecule has 2 heterocycles. The summed E-state index contributed by atoms with van der Waals surface area (Å²) in [5.74, 6) is 1.17. The first-order chi connectivity index (χ1) is 14.3. The third kappa shape index (κ3) is 4.27. The van der Waals surface area contributed by atoms with Crippen LogP contribution in [0.15, 0.2) is 36.4 Å². The van der Waals surface area contributed by atoms with Crippen molar-refractivity contribution in [2.45, 2.75) is 38.9 Å². The summed E-state index contributed by atoms with van der Waals surface area (Å²) in [6, 6.07) is 10.6. The van der Waals surface area contributed by atoms with E-state index in [1.54, 1.807) is 24.3 Å². The van der Waals surface area contributed by atoms with Gasteiger partial charge in [-0.3, -0.25) is 4.79 Å². The molecule has 2 aromatic rings. The fourth-order valence-corrected chi connectivity index (χ4v) is 3.34. The average Bonchev–Trinajstić information content (AvgIpc) is 3.28. The molecule has 8 heteroatoms. The number of anilines is 1. The van der Waals surface area contributed by atoms with Gasteiger partial charge in [0.1, 0.15) is 5.60 Å². The van der Waals surface area contributed by atoms with Gasteiger partial charge in [0.2, 0.25) is 6.79 Å². The van der Waals surface area contributed by atoms with E-state index in [0.29, 0.717) is 28.7 Å². The molecule has 1 N–H and O–H groups in total. The molecule has 2 aliphatic rings. The minimum Gasteiger partial charge on any atom is -0.483 e. The molecule has 0 radical (unpaired) electrons. The smallest absolute Gasteiger partial charge is 0.344 e. The highest BCUT2D eigenvalue weighted by molar-refractivity contribution is 5.95. The van der Waals surface area contributed by atoms with Crippen LogP contribution in [0.3, 0.4) is 0 Å². The van der Waals surface area contributed by atoms with Gasteiger partial charge in [-0.1, -0.05) is 12.1 Å². The van der Waals surface area contributed by atoms with Crippen molar-refractivity contribution in [1.29, 1.82) is 0 Å². The van der Waals surface area contributed by atoms with Crippen molar-refractivity contribution in [3.8, 4) is 23.0 Å². The van der Waals surface area contributed by atoms with Crippen LogP contribution >= 0.6 is 0 Å². The lowest BCUT2D eigenvalue weighted by molar-refractivity contribution is -0.155. The molecule has 0 aliphatic carbocycles. The second-order valence-corrected chi connectivity index (χ2v) is 7.76. The molecule has 0 unspecified atom stereocenters. The molecular formula is C22H23NO7. The molecule has 4 rings (SSSR count). The van der Waals surface area contributed by atoms with Crippen LogP contribution in [0.1, 0.15) is 26.3 Å². The van der Waals surface area contributed by atoms with E-state index in [2.05, 4.69) is 5.32 Å². The van der Waals surface area contributed by atoms with Gasteiger partial charge in [-0.2, -0.15) is 0 Å². The zero-order valence-corrected chi connectivity index (χ0v) is 17.0. The maximum atomic E-state index is 12.3. The topological polar surface area (TPSA) is 92.3 Å². The number of rotatable bonds is 6. The summed E-state index contributed by atoms with van der Waals surface area (Å²) in [4.78, 5) is 24.5. The van der Waals surface area contributed by atoms with Crippen molar-refractivity contribution in [1.82, 2.24) is 0 Å². The molecule has 1 amide bonds. The van der Waals surface area contributed by atoms with Gasteiger partial charge in [-0.15, -0.1) is 0 Å². The van der Waals surface area contributed by atoms with E-state index in [-0.39, 0.29) is 19.0 Å². The molecule has 8 nitrogen and oxygen atoms in total. The van der Waals surface area contributed by atoms with Crippen LogP contribution in [0.5, 0.6) is 23.0 Å². The number of para-hydroxylation sites is 1. The molecule has 2 aliphatic heterocycles. The monoisotopic (exact) mass is 413 g/mol. The van der Waals surface area contributed by atoms with Crippen molar-refractivity contribution in [2.24, 2.45) is 0 Å². The third-order valence-corrected chi connectivity index (χ3v) is 4.72. The number of carbonyl (C=O) groups is 2. The maximum absolute atomic E-state index is 12.3. The highest BCUT2D eigenvalue weighted by atomic mass is 16.7. The van der Waals surface area contributed by atoms with Crippen LogP contribution in [0.4, 0.5) is 5.69 Å². The molecule has 0 spiro atoms. The van der Waals surface area contributed by atoms with E-state index in [4.69, 9.17) is 23.7 Å². The summed E-state index contributed by atoms with van der Waals surface area (Å²) in [7, 11) is 0. The summed E-state index contributed by atoms with van der Waals surface area (Å²) in [5, 5.41) is 2.68. The highest BCUT2D eigenvalue weighted by Gasteiger charge is 2.32. The Morgan fingerprint density at radius 1 is 1.17 bits per heavy atom. The molecule has 0 bridgehead atoms. The second-order valence-electron chi connectivity index (χ2n) is 7.76. The van der Waals surface area contributed by atoms with Crippen LogP contribution in [0.2, 0.25) is 0 Å². The van der Waals surface area contributed by atoms with Crippen LogP contribution < -0.4 is 24.3 Å². The Morgan fingerprint density at radius 2 is 1.97 bits per heavy atom. The van der Waals surface area contributed by atoms with Gasteiger partial charge < -0.3 is 29.0 Å². The Kier molecular flexibility index (Phi) is 5.15. The molecular weight excluding hydrogens is 390 g/mol. The predicted octanol–water partition coefficient (Wildman–Crippen LogP) is 3.08. The summed E-state index contributed by atoms with van der Waals surface area (Å²) >= 11 is 0. The Balaban J connectivity index is 1.29. The fraction of sp³-hybridized carbons (Fsp3) is 0.364. The van der Waals surface area contributed by atoms with Crippen LogP contribution in [-0.4, -0.2) is 37.0 Å². The van der Waals surface area contributed by atoms with Crippen molar-refractivity contribution >= 4 is 17.6 Å². The Labute approximate surface area is 174 Å². The Hall–Kier alpha value is -3.42. The molecule has 0 fully saturated rings. The molecule has 0 aromatic heterocycles. The standard InChI is InChI=1S/C22H23NO7/c1-13(21(25)23-15-7-8-16-18(9-15)28-12-27-16)29-19(24)11-26-17-6-4-5-14-10-22(2,3)30-20(14)17/h4-9,13H,10-12H2,1-3H3,(H,23,25)/t13-/m1/s1. The number of ether oxygens (including phenoxy) is 5. The van der Waals surface area contributed by atoms with E-state index < -0.39 is 18.0 Å². The van der Waals surface area contributed by atoms with Crippen molar-refractivity contribution in [3.05, 3.63) is 42.0 Å². The second kappa shape index (κ2) is 7.78. The van der Waals surface area contributed by atoms with E-state index in [9.17, 15) is 9.59 Å². The van der Waals surface area contributed by atoms with E-state index >= 15 is 0 Å². The van der Waals surface area contributed by atoms with Gasteiger partial charge in [0.25, 0.3) is 5.91 Å². The molecule has 0 saturated heterocycles. The quantitative estimate of drug-likeness (QED) is 0.728. The molecule has 1 atom stereocenters. The molecule has 158 valence electrons. The highest BCUT2D eigenvalue weighted by Crippen LogP contribution is 2.41. The molecule has 0 saturated carbocycles. The molecule has 30 heavy (non-hydrogen) atoms. The predicted molar refractivity (Wildman–Crippen MR) is 107 cm³/mol. The third-order valence-electron chi connectivity index (χ3n) is 4.72. The first-order valence-electron chi connectivity index (χ1n) is 9.64. The van der Waals surface area contributed by atoms with Crippen molar-refractivity contribution in [2.75, 3.05) is 18.7 Å². The minimum absolute atomic E-state index is 0.147. The van der Waals surface area contributed by atoms with Crippen LogP contribution in [0, 0.1) is 0 Å². The summed E-state index contributed by atoms with van der Waals surface area (Å²) in [5.41, 5.74) is 1.23. The van der Waals surface area contributed by atoms with Gasteiger partial charge in [-0.05, 0) is 39.0 Å². The van der Waals surface area contributed by atoms with Gasteiger partial charge in [-0.25, -0.2) is 4.79 Å². The minimum atomic E-state index is -0.997. The number of nitrogens with one attached hydrogen (secondary N) is 1. The summed E-state index contributed by atoms with van der Waals surface area (Å²) in [6.45, 7) is 5.29. The number of amides is 1. The first kappa shape index (κ1) is 19.9. The van der Waals surface area contributed by atoms with Crippen molar-refractivity contribution in [3.63, 3.8) is 0 Å². The normalized spacial score (nSPS) is 16.2. The largest absolute Gasteiger partial charge is 0.483 e. The van der Waals surface area contributed by atoms with E-state index in [1.165, 1.54) is 6.92 Å². The lowest BCUT2D eigenvalue weighted by atomic mass is 10.0. The average molecular weight is 413 g/mol. The number of hydrogen-bond acceptors (Lipinski definition) is 7.